The van der Waals surface area contributed by atoms with Crippen LogP contribution in [0.1, 0.15) is 25.0 Å². The minimum atomic E-state index is -0.129. The normalized spacial score (nSPS) is 13.8. The average Bonchev–Trinajstić information content (AvgIpc) is 3.73. The zero-order valence-electron chi connectivity index (χ0n) is 26.9. The third-order valence-electron chi connectivity index (χ3n) is 11.3. The van der Waals surface area contributed by atoms with Crippen LogP contribution in [0.5, 0.6) is 0 Å². The molecule has 0 spiro atoms. The smallest absolute Gasteiger partial charge is 0.0588 e. The lowest BCUT2D eigenvalue weighted by molar-refractivity contribution is 0.664. The van der Waals surface area contributed by atoms with E-state index in [0.29, 0.717) is 0 Å². The second-order valence-electron chi connectivity index (χ2n) is 14.0. The van der Waals surface area contributed by atoms with E-state index < -0.39 is 0 Å². The molecule has 1 aromatic heterocycles. The maximum atomic E-state index is 2.56. The summed E-state index contributed by atoms with van der Waals surface area (Å²) in [5, 5.41) is 7.81. The van der Waals surface area contributed by atoms with Crippen LogP contribution in [-0.4, -0.2) is 4.57 Å². The van der Waals surface area contributed by atoms with E-state index in [1.54, 1.807) is 0 Å². The van der Waals surface area contributed by atoms with E-state index in [9.17, 15) is 0 Å². The van der Waals surface area contributed by atoms with Gasteiger partial charge in [-0.05, 0) is 83.9 Å². The van der Waals surface area contributed by atoms with E-state index in [1.165, 1.54) is 105 Å². The lowest BCUT2D eigenvalue weighted by Crippen LogP contribution is -2.16. The molecule has 0 bridgehead atoms. The van der Waals surface area contributed by atoms with Crippen LogP contribution in [0.4, 0.5) is 0 Å². The second-order valence-corrected chi connectivity index (χ2v) is 14.0. The molecule has 0 aliphatic heterocycles. The van der Waals surface area contributed by atoms with E-state index in [-0.39, 0.29) is 5.41 Å². The molecule has 0 saturated heterocycles. The van der Waals surface area contributed by atoms with Crippen molar-refractivity contribution in [1.82, 2.24) is 4.57 Å². The maximum absolute atomic E-state index is 2.56. The summed E-state index contributed by atoms with van der Waals surface area (Å²) < 4.78 is 2.56. The zero-order chi connectivity index (χ0) is 31.7. The zero-order valence-corrected chi connectivity index (χ0v) is 26.9. The maximum Gasteiger partial charge on any atom is 0.0588 e. The van der Waals surface area contributed by atoms with Gasteiger partial charge >= 0.3 is 0 Å². The fraction of sp³-hybridized carbons (Fsp3) is 0.0638. The van der Waals surface area contributed by atoms with Gasteiger partial charge in [0.25, 0.3) is 0 Å². The standard InChI is InChI=1S/C47H31N/c1-47(2)41-20-9-7-15-33(41)39-24-25-40-35-17-8-10-21-42(35)48(46(40)45(39)47)43-27-26-31(28-12-5-6-16-34(28)43)32-22-23-38-30-14-4-3-13-29(30)36-18-11-19-37(32)44(36)38/h3-27H,1-2H3. The summed E-state index contributed by atoms with van der Waals surface area (Å²) in [6, 6.07) is 56.7. The molecule has 9 aromatic rings. The third-order valence-corrected chi connectivity index (χ3v) is 11.3. The van der Waals surface area contributed by atoms with E-state index in [2.05, 4.69) is 170 Å². The highest BCUT2D eigenvalue weighted by atomic mass is 15.0. The predicted octanol–water partition coefficient (Wildman–Crippen LogP) is 12.7. The molecule has 48 heavy (non-hydrogen) atoms. The summed E-state index contributed by atoms with van der Waals surface area (Å²) in [4.78, 5) is 0. The summed E-state index contributed by atoms with van der Waals surface area (Å²) in [5.41, 5.74) is 17.1. The fourth-order valence-corrected chi connectivity index (χ4v) is 9.32. The molecule has 1 heterocycles. The minimum Gasteiger partial charge on any atom is -0.308 e. The highest BCUT2D eigenvalue weighted by molar-refractivity contribution is 6.21. The molecule has 1 nitrogen and oxygen atoms in total. The monoisotopic (exact) mass is 609 g/mol. The first kappa shape index (κ1) is 26.2. The highest BCUT2D eigenvalue weighted by Gasteiger charge is 2.38. The van der Waals surface area contributed by atoms with Crippen LogP contribution in [0, 0.1) is 0 Å². The van der Waals surface area contributed by atoms with E-state index in [4.69, 9.17) is 0 Å². The van der Waals surface area contributed by atoms with Gasteiger partial charge in [-0.3, -0.25) is 0 Å². The molecule has 2 aliphatic rings. The SMILES string of the molecule is CC1(C)c2ccccc2-c2ccc3c4ccccc4n(-c4ccc(-c5ccc6c7c(cccc57)-c5ccccc5-6)c5ccccc45)c3c21. The van der Waals surface area contributed by atoms with Crippen LogP contribution < -0.4 is 0 Å². The Morgan fingerprint density at radius 3 is 1.77 bits per heavy atom. The van der Waals surface area contributed by atoms with E-state index in [0.717, 1.165) is 0 Å². The van der Waals surface area contributed by atoms with Crippen molar-refractivity contribution in [1.29, 1.82) is 0 Å². The Balaban J connectivity index is 1.22. The van der Waals surface area contributed by atoms with Crippen LogP contribution in [0.2, 0.25) is 0 Å². The lowest BCUT2D eigenvalue weighted by Gasteiger charge is -2.24. The molecule has 1 heteroatoms. The summed E-state index contributed by atoms with van der Waals surface area (Å²) in [7, 11) is 0. The van der Waals surface area contributed by atoms with Crippen LogP contribution in [0.25, 0.3) is 93.5 Å². The molecule has 0 amide bonds. The molecule has 8 aromatic carbocycles. The van der Waals surface area contributed by atoms with Crippen molar-refractivity contribution in [2.24, 2.45) is 0 Å². The quantitative estimate of drug-likeness (QED) is 0.184. The second kappa shape index (κ2) is 9.12. The van der Waals surface area contributed by atoms with Crippen molar-refractivity contribution < 1.29 is 0 Å². The molecule has 2 aliphatic carbocycles. The molecular weight excluding hydrogens is 579 g/mol. The lowest BCUT2D eigenvalue weighted by atomic mass is 9.81. The number of nitrogens with zero attached hydrogens (tertiary/aromatic N) is 1. The highest BCUT2D eigenvalue weighted by Crippen LogP contribution is 2.54. The number of rotatable bonds is 2. The summed E-state index contributed by atoms with van der Waals surface area (Å²) in [6.45, 7) is 4.79. The third kappa shape index (κ3) is 3.16. The summed E-state index contributed by atoms with van der Waals surface area (Å²) in [6.07, 6.45) is 0. The van der Waals surface area contributed by atoms with Gasteiger partial charge in [-0.25, -0.2) is 0 Å². The predicted molar refractivity (Wildman–Crippen MR) is 203 cm³/mol. The largest absolute Gasteiger partial charge is 0.308 e. The van der Waals surface area contributed by atoms with Crippen molar-refractivity contribution in [3.05, 3.63) is 163 Å². The molecule has 224 valence electrons. The number of benzene rings is 8. The van der Waals surface area contributed by atoms with Gasteiger partial charge in [-0.15, -0.1) is 0 Å². The first-order valence-electron chi connectivity index (χ1n) is 17.0. The first-order chi connectivity index (χ1) is 23.6. The Morgan fingerprint density at radius 2 is 0.938 bits per heavy atom. The Bertz CT molecular complexity index is 2830. The number of fused-ring (bicyclic) bond motifs is 11. The van der Waals surface area contributed by atoms with Gasteiger partial charge in [-0.2, -0.15) is 0 Å². The van der Waals surface area contributed by atoms with Gasteiger partial charge in [0.2, 0.25) is 0 Å². The van der Waals surface area contributed by atoms with Gasteiger partial charge in [0.1, 0.15) is 0 Å². The number of hydrogen-bond donors (Lipinski definition) is 0. The first-order valence-corrected chi connectivity index (χ1v) is 17.0. The molecule has 11 rings (SSSR count). The molecular formula is C47H31N. The number of aromatic nitrogens is 1. The van der Waals surface area contributed by atoms with Crippen LogP contribution in [0.15, 0.2) is 152 Å². The van der Waals surface area contributed by atoms with Crippen molar-refractivity contribution >= 4 is 43.4 Å². The Kier molecular flexibility index (Phi) is 4.97. The van der Waals surface area contributed by atoms with Gasteiger partial charge in [0.05, 0.1) is 16.7 Å². The fourth-order valence-electron chi connectivity index (χ4n) is 9.32. The Labute approximate surface area is 279 Å². The van der Waals surface area contributed by atoms with E-state index >= 15 is 0 Å². The Morgan fingerprint density at radius 1 is 0.375 bits per heavy atom. The van der Waals surface area contributed by atoms with Crippen molar-refractivity contribution in [3.63, 3.8) is 0 Å². The summed E-state index contributed by atoms with van der Waals surface area (Å²) >= 11 is 0. The number of para-hydroxylation sites is 1. The average molecular weight is 610 g/mol. The summed E-state index contributed by atoms with van der Waals surface area (Å²) in [5.74, 6) is 0. The van der Waals surface area contributed by atoms with E-state index in [1.807, 2.05) is 0 Å². The number of hydrogen-bond acceptors (Lipinski definition) is 0. The van der Waals surface area contributed by atoms with Gasteiger partial charge < -0.3 is 4.57 Å². The van der Waals surface area contributed by atoms with Gasteiger partial charge in [0, 0.05) is 21.6 Å². The van der Waals surface area contributed by atoms with Crippen molar-refractivity contribution in [3.8, 4) is 50.2 Å². The van der Waals surface area contributed by atoms with Crippen molar-refractivity contribution in [2.75, 3.05) is 0 Å². The molecule has 0 N–H and O–H groups in total. The molecule has 0 fully saturated rings. The van der Waals surface area contributed by atoms with Crippen LogP contribution >= 0.6 is 0 Å². The Hall–Kier alpha value is -5.92. The topological polar surface area (TPSA) is 4.93 Å². The van der Waals surface area contributed by atoms with Gasteiger partial charge in [-0.1, -0.05) is 153 Å². The molecule has 0 unspecified atom stereocenters. The minimum absolute atomic E-state index is 0.129. The van der Waals surface area contributed by atoms with Gasteiger partial charge in [0.15, 0.2) is 0 Å². The molecule has 0 radical (unpaired) electrons. The van der Waals surface area contributed by atoms with Crippen LogP contribution in [-0.2, 0) is 5.41 Å². The van der Waals surface area contributed by atoms with Crippen molar-refractivity contribution in [2.45, 2.75) is 19.3 Å². The van der Waals surface area contributed by atoms with Crippen LogP contribution in [0.3, 0.4) is 0 Å². The molecule has 0 saturated carbocycles. The molecule has 0 atom stereocenters.